The van der Waals surface area contributed by atoms with Crippen molar-refractivity contribution in [1.29, 1.82) is 0 Å². The molecule has 0 bridgehead atoms. The summed E-state index contributed by atoms with van der Waals surface area (Å²) in [4.78, 5) is 24.8. The zero-order valence-corrected chi connectivity index (χ0v) is 15.9. The molecule has 9 heteroatoms. The maximum atomic E-state index is 12.4. The minimum absolute atomic E-state index is 0.0969. The Kier molecular flexibility index (Phi) is 5.65. The molecule has 28 heavy (non-hydrogen) atoms. The third-order valence-corrected chi connectivity index (χ3v) is 4.30. The van der Waals surface area contributed by atoms with Gasteiger partial charge in [0.1, 0.15) is 0 Å². The van der Waals surface area contributed by atoms with Gasteiger partial charge in [-0.05, 0) is 37.2 Å². The number of nitro benzene ring substituents is 1. The van der Waals surface area contributed by atoms with Crippen LogP contribution in [-0.2, 0) is 11.3 Å². The predicted molar refractivity (Wildman–Crippen MR) is 102 cm³/mol. The molecule has 0 fully saturated rings. The van der Waals surface area contributed by atoms with Crippen LogP contribution in [0, 0.1) is 17.0 Å². The van der Waals surface area contributed by atoms with Gasteiger partial charge in [-0.1, -0.05) is 6.07 Å². The van der Waals surface area contributed by atoms with E-state index in [0.717, 1.165) is 5.56 Å². The Hall–Kier alpha value is -3.33. The molecule has 0 saturated carbocycles. The van der Waals surface area contributed by atoms with Crippen LogP contribution in [0.3, 0.4) is 0 Å². The van der Waals surface area contributed by atoms with Gasteiger partial charge < -0.3 is 19.5 Å². The van der Waals surface area contributed by atoms with Crippen LogP contribution in [0.1, 0.15) is 11.1 Å². The van der Waals surface area contributed by atoms with Crippen LogP contribution in [0.25, 0.3) is 0 Å². The molecule has 1 N–H and O–H groups in total. The van der Waals surface area contributed by atoms with Gasteiger partial charge in [-0.25, -0.2) is 0 Å². The Morgan fingerprint density at radius 1 is 1.29 bits per heavy atom. The van der Waals surface area contributed by atoms with Gasteiger partial charge in [0.2, 0.25) is 12.7 Å². The molecular formula is C19H21N3O6. The number of hydrogen-bond acceptors (Lipinski definition) is 7. The van der Waals surface area contributed by atoms with Gasteiger partial charge in [0.25, 0.3) is 0 Å². The SMILES string of the molecule is COc1cc(NC(=O)CN(C)Cc2ccc3c(c2)OCO3)c(C)cc1[N+](=O)[O-]. The lowest BCUT2D eigenvalue weighted by Gasteiger charge is -2.17. The fraction of sp³-hybridized carbons (Fsp3) is 0.316. The highest BCUT2D eigenvalue weighted by Gasteiger charge is 2.19. The molecule has 1 heterocycles. The number of amides is 1. The second-order valence-corrected chi connectivity index (χ2v) is 6.50. The van der Waals surface area contributed by atoms with Crippen LogP contribution in [0.4, 0.5) is 11.4 Å². The van der Waals surface area contributed by atoms with Crippen molar-refractivity contribution >= 4 is 17.3 Å². The highest BCUT2D eigenvalue weighted by molar-refractivity contribution is 5.93. The first kappa shape index (κ1) is 19.4. The number of carbonyl (C=O) groups excluding carboxylic acids is 1. The second kappa shape index (κ2) is 8.13. The summed E-state index contributed by atoms with van der Waals surface area (Å²) in [5.41, 5.74) is 1.91. The molecule has 148 valence electrons. The molecule has 0 unspecified atom stereocenters. The standard InChI is InChI=1S/C19H21N3O6/c1-12-6-15(22(24)25)17(26-3)8-14(12)20-19(23)10-21(2)9-13-4-5-16-18(7-13)28-11-27-16/h4-8H,9-11H2,1-3H3,(H,20,23). The Labute approximate surface area is 162 Å². The highest BCUT2D eigenvalue weighted by Crippen LogP contribution is 2.33. The number of ether oxygens (including phenoxy) is 3. The van der Waals surface area contributed by atoms with Gasteiger partial charge in [-0.15, -0.1) is 0 Å². The van der Waals surface area contributed by atoms with Crippen LogP contribution in [0.15, 0.2) is 30.3 Å². The molecule has 0 spiro atoms. The first-order valence-corrected chi connectivity index (χ1v) is 8.57. The van der Waals surface area contributed by atoms with Crippen LogP contribution < -0.4 is 19.5 Å². The van der Waals surface area contributed by atoms with Crippen LogP contribution in [-0.4, -0.2) is 43.2 Å². The van der Waals surface area contributed by atoms with Crippen molar-refractivity contribution in [3.63, 3.8) is 0 Å². The van der Waals surface area contributed by atoms with E-state index in [0.29, 0.717) is 29.3 Å². The lowest BCUT2D eigenvalue weighted by atomic mass is 10.1. The van der Waals surface area contributed by atoms with Crippen molar-refractivity contribution in [1.82, 2.24) is 4.90 Å². The number of benzene rings is 2. The van der Waals surface area contributed by atoms with Crippen LogP contribution >= 0.6 is 0 Å². The van der Waals surface area contributed by atoms with E-state index < -0.39 is 4.92 Å². The van der Waals surface area contributed by atoms with E-state index in [1.165, 1.54) is 19.2 Å². The number of aryl methyl sites for hydroxylation is 1. The Bertz CT molecular complexity index is 915. The molecule has 2 aromatic rings. The number of likely N-dealkylation sites (N-methyl/N-ethyl adjacent to an activating group) is 1. The zero-order valence-electron chi connectivity index (χ0n) is 15.9. The van der Waals surface area contributed by atoms with Crippen molar-refractivity contribution in [3.8, 4) is 17.2 Å². The van der Waals surface area contributed by atoms with E-state index in [1.54, 1.807) is 6.92 Å². The smallest absolute Gasteiger partial charge is 0.311 e. The van der Waals surface area contributed by atoms with Crippen molar-refractivity contribution in [2.75, 3.05) is 32.8 Å². The minimum Gasteiger partial charge on any atom is -0.490 e. The summed E-state index contributed by atoms with van der Waals surface area (Å²) in [5, 5.41) is 13.9. The number of methoxy groups -OCH3 is 1. The van der Waals surface area contributed by atoms with Crippen molar-refractivity contribution < 1.29 is 23.9 Å². The van der Waals surface area contributed by atoms with E-state index in [1.807, 2.05) is 30.1 Å². The summed E-state index contributed by atoms with van der Waals surface area (Å²) in [6.45, 7) is 2.60. The Morgan fingerprint density at radius 3 is 2.75 bits per heavy atom. The van der Waals surface area contributed by atoms with Crippen LogP contribution in [0.5, 0.6) is 17.2 Å². The molecule has 0 atom stereocenters. The number of rotatable bonds is 7. The molecule has 0 aliphatic carbocycles. The summed E-state index contributed by atoms with van der Waals surface area (Å²) in [6.07, 6.45) is 0. The third-order valence-electron chi connectivity index (χ3n) is 4.30. The minimum atomic E-state index is -0.517. The summed E-state index contributed by atoms with van der Waals surface area (Å²) >= 11 is 0. The van der Waals surface area contributed by atoms with E-state index in [4.69, 9.17) is 14.2 Å². The molecular weight excluding hydrogens is 366 g/mol. The molecule has 1 aliphatic heterocycles. The molecule has 0 aromatic heterocycles. The maximum absolute atomic E-state index is 12.4. The van der Waals surface area contributed by atoms with E-state index in [-0.39, 0.29) is 30.7 Å². The van der Waals surface area contributed by atoms with E-state index in [9.17, 15) is 14.9 Å². The van der Waals surface area contributed by atoms with E-state index in [2.05, 4.69) is 5.32 Å². The normalized spacial score (nSPS) is 12.1. The summed E-state index contributed by atoms with van der Waals surface area (Å²) < 4.78 is 15.7. The Morgan fingerprint density at radius 2 is 2.04 bits per heavy atom. The van der Waals surface area contributed by atoms with Gasteiger partial charge in [0.05, 0.1) is 18.6 Å². The largest absolute Gasteiger partial charge is 0.490 e. The van der Waals surface area contributed by atoms with Gasteiger partial charge in [-0.2, -0.15) is 0 Å². The van der Waals surface area contributed by atoms with Gasteiger partial charge in [0.15, 0.2) is 17.2 Å². The lowest BCUT2D eigenvalue weighted by molar-refractivity contribution is -0.385. The van der Waals surface area contributed by atoms with Crippen molar-refractivity contribution in [2.45, 2.75) is 13.5 Å². The second-order valence-electron chi connectivity index (χ2n) is 6.50. The zero-order chi connectivity index (χ0) is 20.3. The number of carbonyl (C=O) groups is 1. The maximum Gasteiger partial charge on any atom is 0.311 e. The van der Waals surface area contributed by atoms with E-state index >= 15 is 0 Å². The van der Waals surface area contributed by atoms with Gasteiger partial charge >= 0.3 is 5.69 Å². The lowest BCUT2D eigenvalue weighted by Crippen LogP contribution is -2.30. The monoisotopic (exact) mass is 387 g/mol. The highest BCUT2D eigenvalue weighted by atomic mass is 16.7. The quantitative estimate of drug-likeness (QED) is 0.575. The van der Waals surface area contributed by atoms with Gasteiger partial charge in [0, 0.05) is 24.4 Å². The fourth-order valence-electron chi connectivity index (χ4n) is 2.96. The molecule has 3 rings (SSSR count). The third kappa shape index (κ3) is 4.32. The predicted octanol–water partition coefficient (Wildman–Crippen LogP) is 2.71. The average Bonchev–Trinajstić information content (AvgIpc) is 3.10. The molecule has 9 nitrogen and oxygen atoms in total. The first-order valence-electron chi connectivity index (χ1n) is 8.57. The number of hydrogen-bond donors (Lipinski definition) is 1. The van der Waals surface area contributed by atoms with Crippen molar-refractivity contribution in [3.05, 3.63) is 51.6 Å². The number of nitrogens with zero attached hydrogens (tertiary/aromatic N) is 2. The Balaban J connectivity index is 1.62. The van der Waals surface area contributed by atoms with Crippen LogP contribution in [0.2, 0.25) is 0 Å². The molecule has 1 aliphatic rings. The number of nitrogens with one attached hydrogen (secondary N) is 1. The number of anilines is 1. The van der Waals surface area contributed by atoms with Gasteiger partial charge in [-0.3, -0.25) is 19.8 Å². The fourth-order valence-corrected chi connectivity index (χ4v) is 2.96. The number of nitro groups is 1. The first-order chi connectivity index (χ1) is 13.4. The molecule has 0 saturated heterocycles. The summed E-state index contributed by atoms with van der Waals surface area (Å²) in [7, 11) is 3.18. The topological polar surface area (TPSA) is 103 Å². The summed E-state index contributed by atoms with van der Waals surface area (Å²) in [5.74, 6) is 1.28. The van der Waals surface area contributed by atoms with Crippen molar-refractivity contribution in [2.24, 2.45) is 0 Å². The molecule has 1 amide bonds. The molecule has 2 aromatic carbocycles. The number of fused-ring (bicyclic) bond motifs is 1. The summed E-state index contributed by atoms with van der Waals surface area (Å²) in [6, 6.07) is 8.50. The average molecular weight is 387 g/mol. The molecule has 0 radical (unpaired) electrons.